The molecule has 1 aliphatic heterocycles. The first-order valence-electron chi connectivity index (χ1n) is 13.4. The SMILES string of the molecule is C=CC.CC.CCC.CCN1CC(OCC#Cc2ccc(OCCCOC(C)C)cn2)C1.CO.COC. The molecule has 1 saturated heterocycles. The van der Waals surface area contributed by atoms with E-state index in [1.165, 1.54) is 6.42 Å². The third kappa shape index (κ3) is 32.0. The predicted molar refractivity (Wildman–Crippen MR) is 158 cm³/mol. The Morgan fingerprint density at radius 3 is 2.11 bits per heavy atom. The summed E-state index contributed by atoms with van der Waals surface area (Å²) in [6, 6.07) is 3.77. The predicted octanol–water partition coefficient (Wildman–Crippen LogP) is 5.85. The summed E-state index contributed by atoms with van der Waals surface area (Å²) in [6.45, 7) is 24.6. The molecule has 0 bridgehead atoms. The maximum atomic E-state index is 7.00. The van der Waals surface area contributed by atoms with Crippen molar-refractivity contribution in [1.82, 2.24) is 9.88 Å². The van der Waals surface area contributed by atoms with Gasteiger partial charge < -0.3 is 24.1 Å². The van der Waals surface area contributed by atoms with Crippen LogP contribution in [0.4, 0.5) is 0 Å². The number of likely N-dealkylation sites (tertiary alicyclic amines) is 1. The van der Waals surface area contributed by atoms with Gasteiger partial charge >= 0.3 is 0 Å². The zero-order valence-corrected chi connectivity index (χ0v) is 25.8. The second-order valence-corrected chi connectivity index (χ2v) is 7.61. The summed E-state index contributed by atoms with van der Waals surface area (Å²) in [6.07, 6.45) is 6.18. The van der Waals surface area contributed by atoms with Gasteiger partial charge in [0.2, 0.25) is 0 Å². The summed E-state index contributed by atoms with van der Waals surface area (Å²) in [4.78, 5) is 6.63. The molecule has 2 heterocycles. The van der Waals surface area contributed by atoms with Gasteiger partial charge in [-0.05, 0) is 45.4 Å². The molecule has 0 aromatic carbocycles. The fourth-order valence-corrected chi connectivity index (χ4v) is 2.28. The largest absolute Gasteiger partial charge is 0.492 e. The molecule has 0 atom stereocenters. The van der Waals surface area contributed by atoms with Gasteiger partial charge in [-0.1, -0.05) is 53.0 Å². The van der Waals surface area contributed by atoms with Crippen LogP contribution in [0.5, 0.6) is 5.75 Å². The molecule has 7 nitrogen and oxygen atoms in total. The van der Waals surface area contributed by atoms with Gasteiger partial charge in [-0.3, -0.25) is 4.90 Å². The molecule has 0 radical (unpaired) electrons. The number of pyridine rings is 1. The maximum absolute atomic E-state index is 7.00. The fraction of sp³-hybridized carbons (Fsp3) is 0.700. The molecule has 37 heavy (non-hydrogen) atoms. The smallest absolute Gasteiger partial charge is 0.137 e. The Labute approximate surface area is 229 Å². The Hall–Kier alpha value is -1.95. The number of ether oxygens (including phenoxy) is 4. The van der Waals surface area contributed by atoms with E-state index in [0.29, 0.717) is 25.9 Å². The van der Waals surface area contributed by atoms with E-state index in [1.807, 2.05) is 46.8 Å². The van der Waals surface area contributed by atoms with Crippen LogP contribution in [0.2, 0.25) is 0 Å². The third-order valence-electron chi connectivity index (χ3n) is 3.72. The number of allylic oxidation sites excluding steroid dienone is 1. The number of aliphatic hydroxyl groups excluding tert-OH is 1. The maximum Gasteiger partial charge on any atom is 0.137 e. The Balaban J connectivity index is -0.000000356. The van der Waals surface area contributed by atoms with Crippen LogP contribution in [-0.2, 0) is 14.2 Å². The highest BCUT2D eigenvalue weighted by molar-refractivity contribution is 5.31. The monoisotopic (exact) mass is 526 g/mol. The molecule has 1 aromatic rings. The molecule has 0 aliphatic carbocycles. The van der Waals surface area contributed by atoms with Crippen molar-refractivity contribution in [3.05, 3.63) is 36.7 Å². The van der Waals surface area contributed by atoms with Crippen molar-refractivity contribution >= 4 is 0 Å². The average molecular weight is 527 g/mol. The van der Waals surface area contributed by atoms with Crippen LogP contribution in [0.25, 0.3) is 0 Å². The van der Waals surface area contributed by atoms with Crippen molar-refractivity contribution in [1.29, 1.82) is 0 Å². The summed E-state index contributed by atoms with van der Waals surface area (Å²) in [5, 5.41) is 7.00. The van der Waals surface area contributed by atoms with Crippen LogP contribution in [-0.4, -0.2) is 88.0 Å². The topological polar surface area (TPSA) is 73.3 Å². The van der Waals surface area contributed by atoms with E-state index < -0.39 is 0 Å². The first-order valence-corrected chi connectivity index (χ1v) is 13.4. The molecule has 2 rings (SSSR count). The van der Waals surface area contributed by atoms with Crippen molar-refractivity contribution in [2.75, 3.05) is 60.8 Å². The van der Waals surface area contributed by atoms with Crippen LogP contribution in [0.15, 0.2) is 31.0 Å². The second kappa shape index (κ2) is 36.2. The normalized spacial score (nSPS) is 11.4. The lowest BCUT2D eigenvalue weighted by molar-refractivity contribution is -0.0392. The second-order valence-electron chi connectivity index (χ2n) is 7.61. The molecule has 218 valence electrons. The Bertz CT molecular complexity index is 605. The minimum atomic E-state index is 0.267. The number of methoxy groups -OCH3 is 1. The van der Waals surface area contributed by atoms with E-state index in [4.69, 9.17) is 19.3 Å². The van der Waals surface area contributed by atoms with Gasteiger partial charge in [0.1, 0.15) is 18.1 Å². The molecule has 7 heteroatoms. The molecule has 0 amide bonds. The van der Waals surface area contributed by atoms with E-state index in [9.17, 15) is 0 Å². The van der Waals surface area contributed by atoms with Gasteiger partial charge in [0.05, 0.1) is 31.6 Å². The van der Waals surface area contributed by atoms with Crippen molar-refractivity contribution in [2.24, 2.45) is 0 Å². The number of hydrogen-bond donors (Lipinski definition) is 1. The molecule has 0 unspecified atom stereocenters. The number of nitrogens with zero attached hydrogens (tertiary/aromatic N) is 2. The number of aromatic nitrogens is 1. The molecule has 1 N–H and O–H groups in total. The first kappa shape index (κ1) is 42.2. The molecule has 1 fully saturated rings. The minimum absolute atomic E-state index is 0.267. The van der Waals surface area contributed by atoms with Crippen LogP contribution in [0, 0.1) is 11.8 Å². The van der Waals surface area contributed by atoms with Gasteiger partial charge in [-0.25, -0.2) is 4.98 Å². The Morgan fingerprint density at radius 2 is 1.68 bits per heavy atom. The van der Waals surface area contributed by atoms with E-state index in [1.54, 1.807) is 26.5 Å². The van der Waals surface area contributed by atoms with E-state index in [2.05, 4.69) is 53.8 Å². The lowest BCUT2D eigenvalue weighted by atomic mass is 10.2. The highest BCUT2D eigenvalue weighted by atomic mass is 16.5. The number of hydrogen-bond acceptors (Lipinski definition) is 7. The highest BCUT2D eigenvalue weighted by Crippen LogP contribution is 2.10. The van der Waals surface area contributed by atoms with Crippen molar-refractivity contribution in [3.8, 4) is 17.6 Å². The zero-order chi connectivity index (χ0) is 29.3. The molecular formula is C30H58N2O5. The Morgan fingerprint density at radius 1 is 1.14 bits per heavy atom. The fourth-order valence-electron chi connectivity index (χ4n) is 2.28. The van der Waals surface area contributed by atoms with Gasteiger partial charge in [-0.15, -0.1) is 6.58 Å². The average Bonchev–Trinajstić information content (AvgIpc) is 2.87. The molecule has 0 saturated carbocycles. The molecule has 1 aromatic heterocycles. The summed E-state index contributed by atoms with van der Waals surface area (Å²) in [7, 11) is 4.25. The quantitative estimate of drug-likeness (QED) is 0.246. The van der Waals surface area contributed by atoms with Crippen molar-refractivity contribution < 1.29 is 24.1 Å². The number of aliphatic hydroxyl groups is 1. The molecule has 1 aliphatic rings. The summed E-state index contributed by atoms with van der Waals surface area (Å²) < 4.78 is 21.0. The van der Waals surface area contributed by atoms with Gasteiger partial charge in [0.15, 0.2) is 0 Å². The van der Waals surface area contributed by atoms with Gasteiger partial charge in [-0.2, -0.15) is 0 Å². The van der Waals surface area contributed by atoms with Crippen LogP contribution in [0.3, 0.4) is 0 Å². The third-order valence-corrected chi connectivity index (χ3v) is 3.72. The minimum Gasteiger partial charge on any atom is -0.492 e. The van der Waals surface area contributed by atoms with Crippen LogP contribution >= 0.6 is 0 Å². The van der Waals surface area contributed by atoms with Gasteiger partial charge in [0, 0.05) is 40.8 Å². The van der Waals surface area contributed by atoms with E-state index in [0.717, 1.165) is 44.6 Å². The number of rotatable bonds is 9. The zero-order valence-electron chi connectivity index (χ0n) is 25.8. The molecular weight excluding hydrogens is 468 g/mol. The van der Waals surface area contributed by atoms with Gasteiger partial charge in [0.25, 0.3) is 0 Å². The highest BCUT2D eigenvalue weighted by Gasteiger charge is 2.25. The summed E-state index contributed by atoms with van der Waals surface area (Å²) >= 11 is 0. The van der Waals surface area contributed by atoms with E-state index in [-0.39, 0.29) is 6.10 Å². The lowest BCUT2D eigenvalue weighted by Crippen LogP contribution is -2.51. The first-order chi connectivity index (χ1) is 17.9. The molecule has 0 spiro atoms. The number of likely N-dealkylation sites (N-methyl/N-ethyl adjacent to an activating group) is 1. The standard InChI is InChI=1S/C19H28N2O3.C3H8.C3H6.C2H6O.C2H6.CH4O/c1-4-21-14-19(15-21)24-10-5-7-17-8-9-18(13-20-17)23-12-6-11-22-16(2)3;3*1-3-2;2*1-2/h8-9,13,16,19H,4,6,10-12,14-15H2,1-3H3;3H2,1-2H3;3H,1H2,2H3;1-2H3;1-2H3;2H,1H3. The van der Waals surface area contributed by atoms with Crippen LogP contribution < -0.4 is 4.74 Å². The van der Waals surface area contributed by atoms with E-state index >= 15 is 0 Å². The Kier molecular flexibility index (Phi) is 41.2. The lowest BCUT2D eigenvalue weighted by Gasteiger charge is -2.37. The van der Waals surface area contributed by atoms with Crippen LogP contribution in [0.1, 0.15) is 73.9 Å². The summed E-state index contributed by atoms with van der Waals surface area (Å²) in [5.41, 5.74) is 0.734. The summed E-state index contributed by atoms with van der Waals surface area (Å²) in [5.74, 6) is 6.79. The van der Waals surface area contributed by atoms with Crippen molar-refractivity contribution in [3.63, 3.8) is 0 Å². The van der Waals surface area contributed by atoms with Crippen molar-refractivity contribution in [2.45, 2.75) is 80.4 Å².